The number of fused-ring (bicyclic) bond motifs is 1. The average Bonchev–Trinajstić information content (AvgIpc) is 3.21. The first-order chi connectivity index (χ1) is 12.6. The minimum absolute atomic E-state index is 0.426. The zero-order chi connectivity index (χ0) is 18.3. The lowest BCUT2D eigenvalue weighted by Gasteiger charge is -2.03. The Bertz CT molecular complexity index is 1110. The van der Waals surface area contributed by atoms with Crippen LogP contribution in [0.3, 0.4) is 0 Å². The van der Waals surface area contributed by atoms with Crippen LogP contribution in [-0.2, 0) is 7.05 Å². The van der Waals surface area contributed by atoms with E-state index in [-0.39, 0.29) is 0 Å². The highest BCUT2D eigenvalue weighted by Gasteiger charge is 2.22. The number of amides is 1. The van der Waals surface area contributed by atoms with Crippen LogP contribution in [-0.4, -0.2) is 32.8 Å². The van der Waals surface area contributed by atoms with Crippen molar-refractivity contribution in [3.05, 3.63) is 54.1 Å². The van der Waals surface area contributed by atoms with Gasteiger partial charge in [-0.2, -0.15) is 5.10 Å². The highest BCUT2D eigenvalue weighted by Crippen LogP contribution is 2.37. The molecule has 0 saturated heterocycles. The molecular formula is C19H17N5O2. The number of nitrogens with two attached hydrogens (primary N) is 1. The summed E-state index contributed by atoms with van der Waals surface area (Å²) < 4.78 is 7.38. The number of nitrogens with one attached hydrogen (secondary N) is 1. The lowest BCUT2D eigenvalue weighted by Crippen LogP contribution is -2.10. The van der Waals surface area contributed by atoms with Crippen LogP contribution in [0, 0.1) is 0 Å². The summed E-state index contributed by atoms with van der Waals surface area (Å²) in [4.78, 5) is 19.2. The molecule has 130 valence electrons. The number of carbonyl (C=O) groups excluding carboxylic acids is 1. The molecule has 2 heterocycles. The van der Waals surface area contributed by atoms with Crippen molar-refractivity contribution in [2.75, 3.05) is 7.11 Å². The van der Waals surface area contributed by atoms with Crippen LogP contribution in [0.15, 0.2) is 48.5 Å². The first kappa shape index (κ1) is 15.9. The highest BCUT2D eigenvalue weighted by molar-refractivity contribution is 5.96. The fourth-order valence-corrected chi connectivity index (χ4v) is 3.02. The fraction of sp³-hybridized carbons (Fsp3) is 0.105. The van der Waals surface area contributed by atoms with Crippen LogP contribution >= 0.6 is 0 Å². The molecule has 1 amide bonds. The van der Waals surface area contributed by atoms with Gasteiger partial charge in [0, 0.05) is 18.2 Å². The van der Waals surface area contributed by atoms with Crippen molar-refractivity contribution in [1.29, 1.82) is 0 Å². The van der Waals surface area contributed by atoms with E-state index in [2.05, 4.69) is 15.1 Å². The molecule has 0 radical (unpaired) electrons. The number of carbonyl (C=O) groups is 1. The van der Waals surface area contributed by atoms with Gasteiger partial charge in [0.1, 0.15) is 11.4 Å². The van der Waals surface area contributed by atoms with Crippen molar-refractivity contribution >= 4 is 16.9 Å². The second kappa shape index (κ2) is 6.03. The van der Waals surface area contributed by atoms with E-state index in [1.807, 2.05) is 37.4 Å². The molecule has 3 N–H and O–H groups in total. The molecule has 0 aliphatic heterocycles. The molecule has 2 aromatic heterocycles. The summed E-state index contributed by atoms with van der Waals surface area (Å²) in [5, 5.41) is 4.60. The van der Waals surface area contributed by atoms with Gasteiger partial charge in [0.2, 0.25) is 5.91 Å². The van der Waals surface area contributed by atoms with Crippen molar-refractivity contribution in [3.8, 4) is 28.5 Å². The number of ether oxygens (including phenoxy) is 1. The Balaban J connectivity index is 1.89. The van der Waals surface area contributed by atoms with Crippen LogP contribution in [0.4, 0.5) is 0 Å². The van der Waals surface area contributed by atoms with Crippen molar-refractivity contribution in [2.24, 2.45) is 12.8 Å². The lowest BCUT2D eigenvalue weighted by molar-refractivity contribution is 0.100. The molecule has 0 aliphatic carbocycles. The monoisotopic (exact) mass is 347 g/mol. The molecule has 26 heavy (non-hydrogen) atoms. The molecule has 0 spiro atoms. The highest BCUT2D eigenvalue weighted by atomic mass is 16.5. The van der Waals surface area contributed by atoms with Gasteiger partial charge < -0.3 is 15.5 Å². The van der Waals surface area contributed by atoms with Gasteiger partial charge in [-0.15, -0.1) is 0 Å². The van der Waals surface area contributed by atoms with Gasteiger partial charge in [0.15, 0.2) is 11.6 Å². The number of benzene rings is 2. The second-order valence-corrected chi connectivity index (χ2v) is 5.90. The molecule has 4 rings (SSSR count). The number of primary amides is 1. The summed E-state index contributed by atoms with van der Waals surface area (Å²) in [7, 11) is 3.45. The van der Waals surface area contributed by atoms with Crippen LogP contribution in [0.1, 0.15) is 10.4 Å². The Morgan fingerprint density at radius 3 is 2.65 bits per heavy atom. The van der Waals surface area contributed by atoms with Crippen molar-refractivity contribution in [2.45, 2.75) is 0 Å². The molecule has 2 aromatic carbocycles. The van der Waals surface area contributed by atoms with Gasteiger partial charge >= 0.3 is 0 Å². The topological polar surface area (TPSA) is 98.8 Å². The van der Waals surface area contributed by atoms with Crippen LogP contribution in [0.25, 0.3) is 33.8 Å². The van der Waals surface area contributed by atoms with E-state index in [1.165, 1.54) is 0 Å². The standard InChI is InChI=1S/C19H17N5O2/c1-24-16(17(26-2)15(23-24)11-6-4-3-5-7-11)19-21-13-9-8-12(18(20)25)10-14(13)22-19/h3-10H,1-2H3,(H2,20,25)(H,21,22). The second-order valence-electron chi connectivity index (χ2n) is 5.90. The normalized spacial score (nSPS) is 11.0. The van der Waals surface area contributed by atoms with Crippen LogP contribution < -0.4 is 10.5 Å². The number of H-pyrrole nitrogens is 1. The molecule has 7 nitrogen and oxygen atoms in total. The van der Waals surface area contributed by atoms with Gasteiger partial charge in [-0.1, -0.05) is 30.3 Å². The number of aryl methyl sites for hydroxylation is 1. The minimum atomic E-state index is -0.479. The van der Waals surface area contributed by atoms with E-state index in [9.17, 15) is 4.79 Å². The molecule has 0 fully saturated rings. The van der Waals surface area contributed by atoms with E-state index in [4.69, 9.17) is 10.5 Å². The predicted octanol–water partition coefficient (Wildman–Crippen LogP) is 2.74. The Kier molecular flexibility index (Phi) is 3.69. The zero-order valence-corrected chi connectivity index (χ0v) is 14.4. The number of rotatable bonds is 4. The van der Waals surface area contributed by atoms with E-state index in [0.717, 1.165) is 28.0 Å². The molecule has 0 atom stereocenters. The molecule has 0 unspecified atom stereocenters. The van der Waals surface area contributed by atoms with Gasteiger partial charge in [-0.3, -0.25) is 9.48 Å². The summed E-state index contributed by atoms with van der Waals surface area (Å²) >= 11 is 0. The smallest absolute Gasteiger partial charge is 0.248 e. The van der Waals surface area contributed by atoms with Crippen molar-refractivity contribution < 1.29 is 9.53 Å². The minimum Gasteiger partial charge on any atom is -0.492 e. The summed E-state index contributed by atoms with van der Waals surface area (Å²) in [6.07, 6.45) is 0. The first-order valence-corrected chi connectivity index (χ1v) is 8.05. The Hall–Kier alpha value is -3.61. The predicted molar refractivity (Wildman–Crippen MR) is 98.8 cm³/mol. The Morgan fingerprint density at radius 2 is 1.96 bits per heavy atom. The zero-order valence-electron chi connectivity index (χ0n) is 14.4. The van der Waals surface area contributed by atoms with Gasteiger partial charge in [0.25, 0.3) is 0 Å². The third-order valence-corrected chi connectivity index (χ3v) is 4.25. The van der Waals surface area contributed by atoms with E-state index < -0.39 is 5.91 Å². The summed E-state index contributed by atoms with van der Waals surface area (Å²) in [5.41, 5.74) is 9.65. The maximum atomic E-state index is 11.4. The number of aromatic nitrogens is 4. The Labute approximate surface area is 149 Å². The summed E-state index contributed by atoms with van der Waals surface area (Å²) in [5.74, 6) is 0.760. The van der Waals surface area contributed by atoms with E-state index in [1.54, 1.807) is 30.0 Å². The summed E-state index contributed by atoms with van der Waals surface area (Å²) in [6, 6.07) is 14.9. The van der Waals surface area contributed by atoms with E-state index in [0.29, 0.717) is 17.1 Å². The molecule has 0 saturated carbocycles. The molecule has 7 heteroatoms. The van der Waals surface area contributed by atoms with Gasteiger partial charge in [0.05, 0.1) is 18.1 Å². The quantitative estimate of drug-likeness (QED) is 0.593. The maximum Gasteiger partial charge on any atom is 0.248 e. The summed E-state index contributed by atoms with van der Waals surface area (Å²) in [6.45, 7) is 0. The molecule has 0 aliphatic rings. The largest absolute Gasteiger partial charge is 0.492 e. The first-order valence-electron chi connectivity index (χ1n) is 8.05. The van der Waals surface area contributed by atoms with E-state index >= 15 is 0 Å². The van der Waals surface area contributed by atoms with Crippen LogP contribution in [0.5, 0.6) is 5.75 Å². The third kappa shape index (κ3) is 2.50. The number of hydrogen-bond donors (Lipinski definition) is 2. The van der Waals surface area contributed by atoms with Gasteiger partial charge in [-0.05, 0) is 18.2 Å². The van der Waals surface area contributed by atoms with Crippen LogP contribution in [0.2, 0.25) is 0 Å². The Morgan fingerprint density at radius 1 is 1.19 bits per heavy atom. The fourth-order valence-electron chi connectivity index (χ4n) is 3.02. The average molecular weight is 347 g/mol. The lowest BCUT2D eigenvalue weighted by atomic mass is 10.1. The van der Waals surface area contributed by atoms with Crippen molar-refractivity contribution in [3.63, 3.8) is 0 Å². The molecule has 0 bridgehead atoms. The molecule has 4 aromatic rings. The number of hydrogen-bond acceptors (Lipinski definition) is 4. The molecular weight excluding hydrogens is 330 g/mol. The maximum absolute atomic E-state index is 11.4. The number of methoxy groups -OCH3 is 1. The van der Waals surface area contributed by atoms with Crippen molar-refractivity contribution in [1.82, 2.24) is 19.7 Å². The SMILES string of the molecule is COc1c(-c2ccccc2)nn(C)c1-c1nc2ccc(C(N)=O)cc2[nH]1. The number of nitrogens with zero attached hydrogens (tertiary/aromatic N) is 3. The number of imidazole rings is 1. The third-order valence-electron chi connectivity index (χ3n) is 4.25. The number of aromatic amines is 1. The van der Waals surface area contributed by atoms with Gasteiger partial charge in [-0.25, -0.2) is 4.98 Å².